The van der Waals surface area contributed by atoms with Gasteiger partial charge in [0.05, 0.1) is 6.61 Å². The van der Waals surface area contributed by atoms with Crippen LogP contribution in [0, 0.1) is 0 Å². The second-order valence-corrected chi connectivity index (χ2v) is 4.01. The molecule has 0 radical (unpaired) electrons. The summed E-state index contributed by atoms with van der Waals surface area (Å²) in [6.07, 6.45) is 11.3. The Morgan fingerprint density at radius 1 is 1.20 bits per heavy atom. The lowest BCUT2D eigenvalue weighted by Gasteiger charge is -2.05. The van der Waals surface area contributed by atoms with E-state index in [9.17, 15) is 13.0 Å². The number of hydrogen-bond donors (Lipinski definition) is 0. The summed E-state index contributed by atoms with van der Waals surface area (Å²) in [4.78, 5) is 0. The molecule has 0 spiro atoms. The van der Waals surface area contributed by atoms with Crippen molar-refractivity contribution >= 4 is 10.4 Å². The number of hydrogen-bond acceptors (Lipinski definition) is 4. The fraction of sp³-hybridized carbons (Fsp3) is 0.600. The van der Waals surface area contributed by atoms with Gasteiger partial charge in [-0.05, 0) is 25.7 Å². The van der Waals surface area contributed by atoms with Crippen molar-refractivity contribution in [1.29, 1.82) is 0 Å². The Kier molecular flexibility index (Phi) is 8.27. The lowest BCUT2D eigenvalue weighted by molar-refractivity contribution is 0.259. The molecule has 0 atom stereocenters. The highest BCUT2D eigenvalue weighted by Crippen LogP contribution is 1.97. The zero-order valence-corrected chi connectivity index (χ0v) is 9.70. The minimum Gasteiger partial charge on any atom is -0.726 e. The molecule has 0 aromatic carbocycles. The molecule has 0 aliphatic rings. The Labute approximate surface area is 91.6 Å². The number of rotatable bonds is 8. The van der Waals surface area contributed by atoms with Crippen molar-refractivity contribution in [3.63, 3.8) is 0 Å². The van der Waals surface area contributed by atoms with E-state index in [0.717, 1.165) is 19.3 Å². The highest BCUT2D eigenvalue weighted by molar-refractivity contribution is 7.80. The van der Waals surface area contributed by atoms with E-state index in [2.05, 4.69) is 23.3 Å². The molecule has 0 saturated heterocycles. The molecule has 0 aromatic rings. The molecule has 0 rings (SSSR count). The fourth-order valence-electron chi connectivity index (χ4n) is 0.918. The maximum absolute atomic E-state index is 10.0. The van der Waals surface area contributed by atoms with E-state index < -0.39 is 10.4 Å². The maximum atomic E-state index is 10.0. The van der Waals surface area contributed by atoms with Crippen LogP contribution in [0.2, 0.25) is 0 Å². The third-order valence-electron chi connectivity index (χ3n) is 1.58. The summed E-state index contributed by atoms with van der Waals surface area (Å²) < 4.78 is 34.1. The third-order valence-corrected chi connectivity index (χ3v) is 2.04. The van der Waals surface area contributed by atoms with Crippen molar-refractivity contribution in [2.75, 3.05) is 6.61 Å². The van der Waals surface area contributed by atoms with Gasteiger partial charge < -0.3 is 4.55 Å². The summed E-state index contributed by atoms with van der Waals surface area (Å²) in [5.41, 5.74) is 0. The van der Waals surface area contributed by atoms with Gasteiger partial charge in [-0.25, -0.2) is 8.42 Å². The van der Waals surface area contributed by atoms with Crippen LogP contribution in [0.25, 0.3) is 0 Å². The predicted octanol–water partition coefficient (Wildman–Crippen LogP) is 2.16. The van der Waals surface area contributed by atoms with Crippen molar-refractivity contribution in [1.82, 2.24) is 0 Å². The molecule has 0 aliphatic heterocycles. The van der Waals surface area contributed by atoms with Crippen LogP contribution in [-0.4, -0.2) is 19.6 Å². The molecule has 0 N–H and O–H groups in total. The second-order valence-electron chi connectivity index (χ2n) is 2.96. The van der Waals surface area contributed by atoms with Crippen molar-refractivity contribution in [2.24, 2.45) is 0 Å². The zero-order chi connectivity index (χ0) is 11.6. The van der Waals surface area contributed by atoms with Crippen molar-refractivity contribution < 1.29 is 17.2 Å². The van der Waals surface area contributed by atoms with Crippen molar-refractivity contribution in [3.8, 4) is 0 Å². The molecule has 0 aliphatic carbocycles. The van der Waals surface area contributed by atoms with Crippen molar-refractivity contribution in [3.05, 3.63) is 24.3 Å². The van der Waals surface area contributed by atoms with Gasteiger partial charge >= 0.3 is 0 Å². The molecule has 0 heterocycles. The third kappa shape index (κ3) is 13.3. The van der Waals surface area contributed by atoms with Gasteiger partial charge in [-0.3, -0.25) is 4.18 Å². The van der Waals surface area contributed by atoms with E-state index in [1.165, 1.54) is 0 Å². The van der Waals surface area contributed by atoms with Gasteiger partial charge in [-0.15, -0.1) is 0 Å². The van der Waals surface area contributed by atoms with Crippen molar-refractivity contribution in [2.45, 2.75) is 32.6 Å². The molecule has 0 saturated carbocycles. The molecular formula is C10H17O4S-. The molecule has 0 bridgehead atoms. The SMILES string of the molecule is CC/C=C\C/C=C\CCCOS(=O)(=O)[O-]. The molecule has 0 fully saturated rings. The zero-order valence-electron chi connectivity index (χ0n) is 8.89. The lowest BCUT2D eigenvalue weighted by atomic mass is 10.2. The smallest absolute Gasteiger partial charge is 0.217 e. The average Bonchev–Trinajstić information content (AvgIpc) is 2.14. The topological polar surface area (TPSA) is 66.4 Å². The first-order valence-corrected chi connectivity index (χ1v) is 6.30. The quantitative estimate of drug-likeness (QED) is 0.279. The van der Waals surface area contributed by atoms with E-state index in [1.807, 2.05) is 12.2 Å². The first-order chi connectivity index (χ1) is 7.06. The van der Waals surface area contributed by atoms with E-state index in [4.69, 9.17) is 0 Å². The number of allylic oxidation sites excluding steroid dienone is 4. The van der Waals surface area contributed by atoms with Gasteiger partial charge in [-0.1, -0.05) is 31.2 Å². The van der Waals surface area contributed by atoms with Gasteiger partial charge in [0.1, 0.15) is 0 Å². The lowest BCUT2D eigenvalue weighted by Crippen LogP contribution is -2.04. The van der Waals surface area contributed by atoms with E-state index in [1.54, 1.807) is 0 Å². The van der Waals surface area contributed by atoms with Gasteiger partial charge in [0.25, 0.3) is 0 Å². The molecule has 4 nitrogen and oxygen atoms in total. The Morgan fingerprint density at radius 3 is 2.47 bits per heavy atom. The van der Waals surface area contributed by atoms with E-state index in [-0.39, 0.29) is 6.61 Å². The highest BCUT2D eigenvalue weighted by atomic mass is 32.3. The van der Waals surface area contributed by atoms with Crippen LogP contribution in [0.1, 0.15) is 32.6 Å². The van der Waals surface area contributed by atoms with Crippen LogP contribution in [0.3, 0.4) is 0 Å². The normalized spacial score (nSPS) is 12.9. The summed E-state index contributed by atoms with van der Waals surface area (Å²) in [5, 5.41) is 0. The summed E-state index contributed by atoms with van der Waals surface area (Å²) in [6, 6.07) is 0. The number of unbranched alkanes of at least 4 members (excludes halogenated alkanes) is 1. The average molecular weight is 233 g/mol. The van der Waals surface area contributed by atoms with Crippen LogP contribution in [0.15, 0.2) is 24.3 Å². The minimum atomic E-state index is -4.51. The second kappa shape index (κ2) is 8.64. The van der Waals surface area contributed by atoms with E-state index >= 15 is 0 Å². The first kappa shape index (κ1) is 14.3. The van der Waals surface area contributed by atoms with E-state index in [0.29, 0.717) is 6.42 Å². The van der Waals surface area contributed by atoms with Crippen LogP contribution >= 0.6 is 0 Å². The summed E-state index contributed by atoms with van der Waals surface area (Å²) in [7, 11) is -4.51. The van der Waals surface area contributed by atoms with Gasteiger partial charge in [0.2, 0.25) is 10.4 Å². The monoisotopic (exact) mass is 233 g/mol. The Morgan fingerprint density at radius 2 is 1.87 bits per heavy atom. The minimum absolute atomic E-state index is 0.0407. The van der Waals surface area contributed by atoms with Crippen LogP contribution < -0.4 is 0 Å². The molecule has 0 unspecified atom stereocenters. The summed E-state index contributed by atoms with van der Waals surface area (Å²) in [5.74, 6) is 0. The highest BCUT2D eigenvalue weighted by Gasteiger charge is 1.92. The molecule has 0 amide bonds. The predicted molar refractivity (Wildman–Crippen MR) is 58.1 cm³/mol. The molecule has 0 aromatic heterocycles. The summed E-state index contributed by atoms with van der Waals surface area (Å²) >= 11 is 0. The van der Waals surface area contributed by atoms with Gasteiger partial charge in [-0.2, -0.15) is 0 Å². The Bertz CT molecular complexity index is 291. The Hall–Kier alpha value is -0.650. The van der Waals surface area contributed by atoms with Crippen LogP contribution in [-0.2, 0) is 14.6 Å². The van der Waals surface area contributed by atoms with Crippen LogP contribution in [0.4, 0.5) is 0 Å². The van der Waals surface area contributed by atoms with Crippen LogP contribution in [0.5, 0.6) is 0 Å². The first-order valence-electron chi connectivity index (χ1n) is 4.96. The summed E-state index contributed by atoms with van der Waals surface area (Å²) in [6.45, 7) is 2.03. The molecule has 15 heavy (non-hydrogen) atoms. The molecule has 88 valence electrons. The molecular weight excluding hydrogens is 216 g/mol. The maximum Gasteiger partial charge on any atom is 0.217 e. The van der Waals surface area contributed by atoms with Gasteiger partial charge in [0, 0.05) is 0 Å². The van der Waals surface area contributed by atoms with Gasteiger partial charge in [0.15, 0.2) is 0 Å². The largest absolute Gasteiger partial charge is 0.726 e. The Balaban J connectivity index is 3.35. The fourth-order valence-corrected chi connectivity index (χ4v) is 1.24. The standard InChI is InChI=1S/C10H18O4S/c1-2-3-4-5-6-7-8-9-10-14-15(11,12)13/h3-4,6-7H,2,5,8-10H2,1H3,(H,11,12,13)/p-1/b4-3-,7-6-. The molecule has 5 heteroatoms.